The van der Waals surface area contributed by atoms with Crippen LogP contribution in [0.4, 0.5) is 5.95 Å². The summed E-state index contributed by atoms with van der Waals surface area (Å²) >= 11 is 0. The second-order valence-electron chi connectivity index (χ2n) is 4.53. The molecule has 1 fully saturated rings. The maximum absolute atomic E-state index is 4.46. The van der Waals surface area contributed by atoms with E-state index < -0.39 is 0 Å². The van der Waals surface area contributed by atoms with Gasteiger partial charge in [0.05, 0.1) is 0 Å². The molecule has 1 aliphatic rings. The molecule has 2 aromatic heterocycles. The molecule has 84 valence electrons. The number of anilines is 1. The van der Waals surface area contributed by atoms with Crippen molar-refractivity contribution < 1.29 is 0 Å². The van der Waals surface area contributed by atoms with E-state index in [1.54, 1.807) is 0 Å². The summed E-state index contributed by atoms with van der Waals surface area (Å²) in [7, 11) is 0. The normalized spacial score (nSPS) is 23.6. The fraction of sp³-hybridized carbons (Fsp3) is 0.500. The van der Waals surface area contributed by atoms with Gasteiger partial charge in [-0.2, -0.15) is 4.98 Å². The Balaban J connectivity index is 1.86. The van der Waals surface area contributed by atoms with Gasteiger partial charge in [-0.05, 0) is 31.4 Å². The third kappa shape index (κ3) is 1.54. The highest BCUT2D eigenvalue weighted by atomic mass is 15.4. The minimum absolute atomic E-state index is 0.586. The average Bonchev–Trinajstić information content (AvgIpc) is 2.87. The SMILES string of the molecule is CCC1CC1Nc1nc2cccc(C)n2n1. The molecule has 1 aliphatic carbocycles. The van der Waals surface area contributed by atoms with Gasteiger partial charge in [0.25, 0.3) is 0 Å². The molecule has 3 rings (SSSR count). The van der Waals surface area contributed by atoms with Gasteiger partial charge in [0.15, 0.2) is 5.65 Å². The number of nitrogens with zero attached hydrogens (tertiary/aromatic N) is 3. The first-order chi connectivity index (χ1) is 7.78. The zero-order valence-corrected chi connectivity index (χ0v) is 9.64. The summed E-state index contributed by atoms with van der Waals surface area (Å²) in [6.45, 7) is 4.27. The maximum Gasteiger partial charge on any atom is 0.243 e. The van der Waals surface area contributed by atoms with Gasteiger partial charge in [-0.25, -0.2) is 4.52 Å². The van der Waals surface area contributed by atoms with E-state index in [4.69, 9.17) is 0 Å². The van der Waals surface area contributed by atoms with Gasteiger partial charge >= 0.3 is 0 Å². The number of aryl methyl sites for hydroxylation is 1. The smallest absolute Gasteiger partial charge is 0.243 e. The van der Waals surface area contributed by atoms with Crippen molar-refractivity contribution in [1.82, 2.24) is 14.6 Å². The van der Waals surface area contributed by atoms with E-state index >= 15 is 0 Å². The molecular formula is C12H16N4. The Morgan fingerprint density at radius 2 is 2.38 bits per heavy atom. The Morgan fingerprint density at radius 3 is 3.06 bits per heavy atom. The molecule has 0 bridgehead atoms. The molecule has 4 nitrogen and oxygen atoms in total. The molecule has 0 amide bonds. The Bertz CT molecular complexity index is 517. The van der Waals surface area contributed by atoms with E-state index in [1.165, 1.54) is 12.8 Å². The molecule has 0 aromatic carbocycles. The largest absolute Gasteiger partial charge is 0.350 e. The summed E-state index contributed by atoms with van der Waals surface area (Å²) in [4.78, 5) is 4.46. The first-order valence-electron chi connectivity index (χ1n) is 5.87. The van der Waals surface area contributed by atoms with E-state index in [0.717, 1.165) is 23.2 Å². The molecular weight excluding hydrogens is 200 g/mol. The van der Waals surface area contributed by atoms with Crippen molar-refractivity contribution in [3.05, 3.63) is 23.9 Å². The van der Waals surface area contributed by atoms with Crippen molar-refractivity contribution in [3.63, 3.8) is 0 Å². The average molecular weight is 216 g/mol. The molecule has 0 saturated heterocycles. The Morgan fingerprint density at radius 1 is 1.50 bits per heavy atom. The minimum Gasteiger partial charge on any atom is -0.350 e. The Hall–Kier alpha value is -1.58. The third-order valence-corrected chi connectivity index (χ3v) is 3.31. The van der Waals surface area contributed by atoms with Crippen molar-refractivity contribution in [2.45, 2.75) is 32.7 Å². The van der Waals surface area contributed by atoms with E-state index in [1.807, 2.05) is 29.6 Å². The van der Waals surface area contributed by atoms with Crippen LogP contribution < -0.4 is 5.32 Å². The second-order valence-corrected chi connectivity index (χ2v) is 4.53. The lowest BCUT2D eigenvalue weighted by molar-refractivity contribution is 0.770. The quantitative estimate of drug-likeness (QED) is 0.855. The van der Waals surface area contributed by atoms with Gasteiger partial charge in [0, 0.05) is 11.7 Å². The Kier molecular flexibility index (Phi) is 2.09. The van der Waals surface area contributed by atoms with E-state index in [-0.39, 0.29) is 0 Å². The molecule has 2 heterocycles. The predicted molar refractivity (Wildman–Crippen MR) is 63.5 cm³/mol. The van der Waals surface area contributed by atoms with Crippen LogP contribution in [0.1, 0.15) is 25.5 Å². The van der Waals surface area contributed by atoms with Crippen LogP contribution >= 0.6 is 0 Å². The van der Waals surface area contributed by atoms with Crippen LogP contribution in [0.3, 0.4) is 0 Å². The maximum atomic E-state index is 4.46. The van der Waals surface area contributed by atoms with Crippen LogP contribution in [0.2, 0.25) is 0 Å². The highest BCUT2D eigenvalue weighted by molar-refractivity contribution is 5.45. The highest BCUT2D eigenvalue weighted by Crippen LogP contribution is 2.35. The van der Waals surface area contributed by atoms with Crippen LogP contribution in [-0.2, 0) is 0 Å². The zero-order valence-electron chi connectivity index (χ0n) is 9.64. The molecule has 0 aliphatic heterocycles. The second kappa shape index (κ2) is 3.47. The molecule has 1 saturated carbocycles. The Labute approximate surface area is 94.7 Å². The molecule has 16 heavy (non-hydrogen) atoms. The minimum atomic E-state index is 0.586. The monoisotopic (exact) mass is 216 g/mol. The van der Waals surface area contributed by atoms with Crippen molar-refractivity contribution in [1.29, 1.82) is 0 Å². The van der Waals surface area contributed by atoms with Gasteiger partial charge in [-0.1, -0.05) is 19.4 Å². The summed E-state index contributed by atoms with van der Waals surface area (Å²) in [6, 6.07) is 6.62. The standard InChI is InChI=1S/C12H16N4/c1-3-9-7-10(9)13-12-14-11-6-4-5-8(2)16(11)15-12/h4-6,9-10H,3,7H2,1-2H3,(H,13,15). The lowest BCUT2D eigenvalue weighted by Crippen LogP contribution is -2.06. The number of rotatable bonds is 3. The lowest BCUT2D eigenvalue weighted by atomic mass is 10.3. The van der Waals surface area contributed by atoms with Crippen molar-refractivity contribution in [2.24, 2.45) is 5.92 Å². The molecule has 2 unspecified atom stereocenters. The van der Waals surface area contributed by atoms with Gasteiger partial charge in [-0.15, -0.1) is 5.10 Å². The van der Waals surface area contributed by atoms with E-state index in [2.05, 4.69) is 22.3 Å². The summed E-state index contributed by atoms with van der Waals surface area (Å²) in [5.74, 6) is 1.57. The van der Waals surface area contributed by atoms with E-state index in [0.29, 0.717) is 6.04 Å². The molecule has 0 radical (unpaired) electrons. The summed E-state index contributed by atoms with van der Waals surface area (Å²) in [5, 5.41) is 7.85. The topological polar surface area (TPSA) is 42.2 Å². The van der Waals surface area contributed by atoms with Crippen LogP contribution in [-0.4, -0.2) is 20.6 Å². The van der Waals surface area contributed by atoms with Crippen LogP contribution in [0.5, 0.6) is 0 Å². The lowest BCUT2D eigenvalue weighted by Gasteiger charge is -1.97. The molecule has 0 spiro atoms. The fourth-order valence-electron chi connectivity index (χ4n) is 2.14. The third-order valence-electron chi connectivity index (χ3n) is 3.31. The molecule has 2 atom stereocenters. The van der Waals surface area contributed by atoms with Gasteiger partial charge in [0.2, 0.25) is 5.95 Å². The number of fused-ring (bicyclic) bond motifs is 1. The number of hydrogen-bond acceptors (Lipinski definition) is 3. The van der Waals surface area contributed by atoms with Gasteiger partial charge in [0.1, 0.15) is 0 Å². The summed E-state index contributed by atoms with van der Waals surface area (Å²) in [6.07, 6.45) is 2.50. The van der Waals surface area contributed by atoms with Gasteiger partial charge in [-0.3, -0.25) is 0 Å². The predicted octanol–water partition coefficient (Wildman–Crippen LogP) is 2.25. The summed E-state index contributed by atoms with van der Waals surface area (Å²) in [5.41, 5.74) is 2.03. The first-order valence-corrected chi connectivity index (χ1v) is 5.87. The molecule has 4 heteroatoms. The van der Waals surface area contributed by atoms with E-state index in [9.17, 15) is 0 Å². The summed E-state index contributed by atoms with van der Waals surface area (Å²) < 4.78 is 1.88. The fourth-order valence-corrected chi connectivity index (χ4v) is 2.14. The number of hydrogen-bond donors (Lipinski definition) is 1. The number of pyridine rings is 1. The van der Waals surface area contributed by atoms with Crippen molar-refractivity contribution in [2.75, 3.05) is 5.32 Å². The highest BCUT2D eigenvalue weighted by Gasteiger charge is 2.35. The first kappa shape index (κ1) is 9.63. The van der Waals surface area contributed by atoms with Gasteiger partial charge < -0.3 is 5.32 Å². The van der Waals surface area contributed by atoms with Crippen LogP contribution in [0, 0.1) is 12.8 Å². The van der Waals surface area contributed by atoms with Crippen molar-refractivity contribution in [3.8, 4) is 0 Å². The number of aromatic nitrogens is 3. The van der Waals surface area contributed by atoms with Crippen LogP contribution in [0.25, 0.3) is 5.65 Å². The number of nitrogens with one attached hydrogen (secondary N) is 1. The zero-order chi connectivity index (χ0) is 11.1. The van der Waals surface area contributed by atoms with Crippen molar-refractivity contribution >= 4 is 11.6 Å². The molecule has 1 N–H and O–H groups in total. The molecule has 2 aromatic rings. The van der Waals surface area contributed by atoms with Crippen LogP contribution in [0.15, 0.2) is 18.2 Å².